The number of benzene rings is 2. The van der Waals surface area contributed by atoms with Crippen LogP contribution in [-0.4, -0.2) is 72.0 Å². The summed E-state index contributed by atoms with van der Waals surface area (Å²) in [4.78, 5) is 25.5. The van der Waals surface area contributed by atoms with E-state index in [4.69, 9.17) is 9.47 Å². The van der Waals surface area contributed by atoms with E-state index in [1.54, 1.807) is 48.5 Å². The van der Waals surface area contributed by atoms with E-state index in [0.29, 0.717) is 24.0 Å². The molecule has 43 heavy (non-hydrogen) atoms. The molecular weight excluding hydrogens is 548 g/mol. The molecule has 10 atom stereocenters. The number of carbonyl (C=O) groups is 2. The highest BCUT2D eigenvalue weighted by Crippen LogP contribution is 2.56. The van der Waals surface area contributed by atoms with E-state index in [0.717, 1.165) is 19.3 Å². The Morgan fingerprint density at radius 2 is 0.930 bits per heavy atom. The fraction of sp³-hybridized carbons (Fsp3) is 0.600. The summed E-state index contributed by atoms with van der Waals surface area (Å²) in [5.41, 5.74) is 0.983. The fourth-order valence-corrected chi connectivity index (χ4v) is 8.96. The summed E-state index contributed by atoms with van der Waals surface area (Å²) < 4.78 is 11.6. The lowest BCUT2D eigenvalue weighted by Gasteiger charge is -2.33. The Kier molecular flexibility index (Phi) is 10.9. The van der Waals surface area contributed by atoms with Crippen molar-refractivity contribution < 1.29 is 39.5 Å². The van der Waals surface area contributed by atoms with Gasteiger partial charge in [-0.1, -0.05) is 36.4 Å². The first kappa shape index (κ1) is 31.6. The smallest absolute Gasteiger partial charge is 0.338 e. The van der Waals surface area contributed by atoms with Gasteiger partial charge in [0.25, 0.3) is 0 Å². The van der Waals surface area contributed by atoms with E-state index in [-0.39, 0.29) is 111 Å². The first-order valence-electron chi connectivity index (χ1n) is 15.9. The molecule has 5 rings (SSSR count). The summed E-state index contributed by atoms with van der Waals surface area (Å²) in [5, 5.41) is 41.2. The maximum Gasteiger partial charge on any atom is 0.338 e. The third-order valence-corrected chi connectivity index (χ3v) is 10.9. The first-order valence-corrected chi connectivity index (χ1v) is 15.9. The van der Waals surface area contributed by atoms with E-state index in [1.807, 2.05) is 12.1 Å². The normalized spacial score (nSPS) is 33.9. The number of hydrogen-bond donors (Lipinski definition) is 4. The minimum atomic E-state index is -0.382. The molecule has 0 unspecified atom stereocenters. The van der Waals surface area contributed by atoms with Crippen molar-refractivity contribution in [1.29, 1.82) is 0 Å². The van der Waals surface area contributed by atoms with Crippen molar-refractivity contribution in [1.82, 2.24) is 0 Å². The monoisotopic (exact) mass is 594 g/mol. The summed E-state index contributed by atoms with van der Waals surface area (Å²) in [7, 11) is 0. The van der Waals surface area contributed by atoms with Crippen LogP contribution in [0.5, 0.6) is 0 Å². The van der Waals surface area contributed by atoms with Crippen molar-refractivity contribution in [2.45, 2.75) is 32.1 Å². The van der Waals surface area contributed by atoms with Gasteiger partial charge in [0.15, 0.2) is 0 Å². The number of carbonyl (C=O) groups excluding carboxylic acids is 2. The van der Waals surface area contributed by atoms with Crippen LogP contribution in [0.25, 0.3) is 0 Å². The predicted octanol–water partition coefficient (Wildman–Crippen LogP) is 3.82. The van der Waals surface area contributed by atoms with E-state index in [2.05, 4.69) is 0 Å². The number of ether oxygens (including phenoxy) is 2. The molecule has 0 saturated heterocycles. The van der Waals surface area contributed by atoms with Crippen LogP contribution < -0.4 is 0 Å². The topological polar surface area (TPSA) is 134 Å². The van der Waals surface area contributed by atoms with E-state index in [9.17, 15) is 30.0 Å². The molecule has 0 spiro atoms. The van der Waals surface area contributed by atoms with E-state index >= 15 is 0 Å². The van der Waals surface area contributed by atoms with Gasteiger partial charge in [0.2, 0.25) is 0 Å². The van der Waals surface area contributed by atoms with E-state index < -0.39 is 0 Å². The Balaban J connectivity index is 1.29. The van der Waals surface area contributed by atoms with E-state index in [1.165, 1.54) is 0 Å². The third-order valence-electron chi connectivity index (χ3n) is 10.9. The van der Waals surface area contributed by atoms with Gasteiger partial charge in [-0.25, -0.2) is 9.59 Å². The minimum absolute atomic E-state index is 0.0149. The lowest BCUT2D eigenvalue weighted by molar-refractivity contribution is 0.0206. The molecule has 8 nitrogen and oxygen atoms in total. The molecule has 0 aliphatic heterocycles. The quantitative estimate of drug-likeness (QED) is 0.273. The molecule has 3 fully saturated rings. The van der Waals surface area contributed by atoms with Crippen LogP contribution in [0.15, 0.2) is 60.7 Å². The van der Waals surface area contributed by atoms with Crippen molar-refractivity contribution in [3.05, 3.63) is 71.8 Å². The standard InChI is InChI=1S/C35H46O8/c36-16-26-14-28(18-38)32(30(26)20-42-34(40)22-7-3-1-4-8-22)24-11-12-25(13-24)33-29(19-39)15-27(17-37)31(33)21-43-35(41)23-9-5-2-6-10-23/h1-10,24-33,36-39H,11-21H2/t24-,25+,26+,27-,28-,29+,30-,31+,32-,33+. The summed E-state index contributed by atoms with van der Waals surface area (Å²) in [5.74, 6) is -0.167. The molecule has 3 aliphatic carbocycles. The van der Waals surface area contributed by atoms with Gasteiger partial charge < -0.3 is 29.9 Å². The average Bonchev–Trinajstić information content (AvgIpc) is 3.77. The Hall–Kier alpha value is -2.78. The van der Waals surface area contributed by atoms with Crippen LogP contribution in [-0.2, 0) is 9.47 Å². The molecule has 3 aliphatic rings. The second-order valence-electron chi connectivity index (χ2n) is 13.0. The molecule has 0 bridgehead atoms. The predicted molar refractivity (Wildman–Crippen MR) is 160 cm³/mol. The number of rotatable bonds is 12. The van der Waals surface area contributed by atoms with Gasteiger partial charge in [0.05, 0.1) is 24.3 Å². The third kappa shape index (κ3) is 6.98. The van der Waals surface area contributed by atoms with Crippen molar-refractivity contribution >= 4 is 11.9 Å². The molecule has 2 aromatic rings. The number of hydrogen-bond acceptors (Lipinski definition) is 8. The molecule has 234 valence electrons. The Morgan fingerprint density at radius 3 is 1.28 bits per heavy atom. The number of aliphatic hydroxyl groups excluding tert-OH is 4. The van der Waals surface area contributed by atoms with Crippen LogP contribution in [0.4, 0.5) is 0 Å². The maximum atomic E-state index is 12.8. The van der Waals surface area contributed by atoms with Gasteiger partial charge in [0.1, 0.15) is 0 Å². The highest BCUT2D eigenvalue weighted by molar-refractivity contribution is 5.89. The molecule has 0 amide bonds. The second-order valence-corrected chi connectivity index (χ2v) is 13.0. The second kappa shape index (κ2) is 14.8. The molecule has 0 radical (unpaired) electrons. The van der Waals surface area contributed by atoms with Crippen molar-refractivity contribution in [3.8, 4) is 0 Å². The van der Waals surface area contributed by atoms with Crippen LogP contribution in [0, 0.1) is 59.2 Å². The molecule has 0 aromatic heterocycles. The summed E-state index contributed by atoms with van der Waals surface area (Å²) in [6, 6.07) is 17.8. The molecule has 4 N–H and O–H groups in total. The fourth-order valence-electron chi connectivity index (χ4n) is 8.96. The maximum absolute atomic E-state index is 12.8. The SMILES string of the molecule is O=C(OC[C@@H]1[C@H](CO)C[C@H](CO)[C@H]1[C@@H]1CC[C@H]([C@H]2[C@H](CO)C[C@H](CO)[C@@H]2COC(=O)c2ccccc2)C1)c1ccccc1. The number of aliphatic hydroxyl groups is 4. The van der Waals surface area contributed by atoms with Crippen LogP contribution in [0.3, 0.4) is 0 Å². The zero-order valence-corrected chi connectivity index (χ0v) is 24.7. The summed E-state index contributed by atoms with van der Waals surface area (Å²) in [6.07, 6.45) is 4.18. The molecule has 0 heterocycles. The summed E-state index contributed by atoms with van der Waals surface area (Å²) in [6.45, 7) is 0.429. The largest absolute Gasteiger partial charge is 0.462 e. The highest BCUT2D eigenvalue weighted by Gasteiger charge is 2.52. The van der Waals surface area contributed by atoms with Crippen molar-refractivity contribution in [2.24, 2.45) is 59.2 Å². The van der Waals surface area contributed by atoms with Gasteiger partial charge in [0, 0.05) is 38.3 Å². The molecule has 8 heteroatoms. The van der Waals surface area contributed by atoms with Crippen molar-refractivity contribution in [2.75, 3.05) is 39.6 Å². The molecule has 3 saturated carbocycles. The lowest BCUT2D eigenvalue weighted by atomic mass is 9.73. The van der Waals surface area contributed by atoms with Gasteiger partial charge in [-0.15, -0.1) is 0 Å². The number of esters is 2. The summed E-state index contributed by atoms with van der Waals surface area (Å²) >= 11 is 0. The minimum Gasteiger partial charge on any atom is -0.462 e. The van der Waals surface area contributed by atoms with Crippen molar-refractivity contribution in [3.63, 3.8) is 0 Å². The van der Waals surface area contributed by atoms with Gasteiger partial charge in [-0.3, -0.25) is 0 Å². The Labute approximate surface area is 254 Å². The van der Waals surface area contributed by atoms with Gasteiger partial charge in [-0.05, 0) is 104 Å². The average molecular weight is 595 g/mol. The van der Waals surface area contributed by atoms with Gasteiger partial charge in [-0.2, -0.15) is 0 Å². The highest BCUT2D eigenvalue weighted by atomic mass is 16.5. The Bertz CT molecular complexity index is 1080. The van der Waals surface area contributed by atoms with Crippen LogP contribution in [0.2, 0.25) is 0 Å². The zero-order valence-electron chi connectivity index (χ0n) is 24.7. The molecule has 2 aromatic carbocycles. The first-order chi connectivity index (χ1) is 21.0. The lowest BCUT2D eigenvalue weighted by Crippen LogP contribution is -2.33. The van der Waals surface area contributed by atoms with Crippen LogP contribution >= 0.6 is 0 Å². The molecular formula is C35H46O8. The zero-order chi connectivity index (χ0) is 30.3. The van der Waals surface area contributed by atoms with Crippen LogP contribution in [0.1, 0.15) is 52.8 Å². The Morgan fingerprint density at radius 1 is 0.558 bits per heavy atom. The van der Waals surface area contributed by atoms with Gasteiger partial charge >= 0.3 is 11.9 Å².